The number of carbonyl (C=O) groups excluding carboxylic acids is 1. The summed E-state index contributed by atoms with van der Waals surface area (Å²) >= 11 is 1.69. The lowest BCUT2D eigenvalue weighted by Crippen LogP contribution is -2.55. The van der Waals surface area contributed by atoms with Crippen molar-refractivity contribution < 1.29 is 9.53 Å². The molecule has 3 heterocycles. The molecule has 1 amide bonds. The second-order valence-electron chi connectivity index (χ2n) is 6.43. The van der Waals surface area contributed by atoms with Crippen LogP contribution in [0.15, 0.2) is 5.38 Å². The number of nitrogens with two attached hydrogens (primary N) is 1. The molecule has 7 heteroatoms. The lowest BCUT2D eigenvalue weighted by atomic mass is 9.91. The molecule has 0 radical (unpaired) electrons. The number of piperazine rings is 1. The third-order valence-electron chi connectivity index (χ3n) is 4.80. The zero-order valence-electron chi connectivity index (χ0n) is 13.7. The number of aromatic nitrogens is 1. The van der Waals surface area contributed by atoms with Gasteiger partial charge in [0.25, 0.3) is 0 Å². The van der Waals surface area contributed by atoms with Gasteiger partial charge in [-0.25, -0.2) is 4.98 Å². The van der Waals surface area contributed by atoms with E-state index in [1.54, 1.807) is 11.3 Å². The summed E-state index contributed by atoms with van der Waals surface area (Å²) in [4.78, 5) is 21.4. The molecule has 0 bridgehead atoms. The molecule has 2 N–H and O–H groups in total. The zero-order chi connectivity index (χ0) is 16.2. The normalized spacial score (nSPS) is 22.3. The highest BCUT2D eigenvalue weighted by Crippen LogP contribution is 2.20. The number of rotatable bonds is 4. The minimum Gasteiger partial charge on any atom is -0.381 e. The number of aryl methyl sites for hydroxylation is 1. The Morgan fingerprint density at radius 2 is 2.09 bits per heavy atom. The molecule has 1 aromatic rings. The summed E-state index contributed by atoms with van der Waals surface area (Å²) in [5.41, 5.74) is 7.35. The lowest BCUT2D eigenvalue weighted by Gasteiger charge is -2.37. The van der Waals surface area contributed by atoms with Gasteiger partial charge < -0.3 is 15.4 Å². The van der Waals surface area contributed by atoms with Crippen molar-refractivity contribution in [2.75, 3.05) is 39.4 Å². The van der Waals surface area contributed by atoms with Crippen LogP contribution in [-0.4, -0.2) is 66.1 Å². The van der Waals surface area contributed by atoms with Crippen molar-refractivity contribution in [3.05, 3.63) is 16.1 Å². The SMILES string of the molecule is Cc1nc(CN2CCN(C(=O)C(N)C3CCOCC3)CC2)cs1. The molecule has 2 fully saturated rings. The van der Waals surface area contributed by atoms with Gasteiger partial charge in [0.1, 0.15) is 0 Å². The van der Waals surface area contributed by atoms with E-state index in [0.717, 1.165) is 69.5 Å². The van der Waals surface area contributed by atoms with E-state index >= 15 is 0 Å². The first-order valence-corrected chi connectivity index (χ1v) is 9.27. The fourth-order valence-corrected chi connectivity index (χ4v) is 3.93. The summed E-state index contributed by atoms with van der Waals surface area (Å²) in [7, 11) is 0. The Hall–Kier alpha value is -1.02. The van der Waals surface area contributed by atoms with Gasteiger partial charge in [-0.1, -0.05) is 0 Å². The minimum absolute atomic E-state index is 0.112. The van der Waals surface area contributed by atoms with E-state index in [2.05, 4.69) is 15.3 Å². The van der Waals surface area contributed by atoms with Crippen molar-refractivity contribution in [1.29, 1.82) is 0 Å². The molecule has 0 saturated carbocycles. The molecule has 1 atom stereocenters. The van der Waals surface area contributed by atoms with Crippen LogP contribution in [-0.2, 0) is 16.1 Å². The number of amides is 1. The average Bonchev–Trinajstić information content (AvgIpc) is 3.00. The van der Waals surface area contributed by atoms with E-state index < -0.39 is 0 Å². The average molecular weight is 338 g/mol. The number of carbonyl (C=O) groups is 1. The molecule has 3 rings (SSSR count). The zero-order valence-corrected chi connectivity index (χ0v) is 14.6. The molecule has 1 aromatic heterocycles. The predicted octanol–water partition coefficient (Wildman–Crippen LogP) is 0.850. The van der Waals surface area contributed by atoms with Gasteiger partial charge in [-0.15, -0.1) is 11.3 Å². The third-order valence-corrected chi connectivity index (χ3v) is 5.62. The quantitative estimate of drug-likeness (QED) is 0.881. The molecule has 1 unspecified atom stereocenters. The van der Waals surface area contributed by atoms with Gasteiger partial charge in [-0.2, -0.15) is 0 Å². The van der Waals surface area contributed by atoms with Crippen LogP contribution in [0.1, 0.15) is 23.5 Å². The Bertz CT molecular complexity index is 522. The lowest BCUT2D eigenvalue weighted by molar-refractivity contribution is -0.136. The highest BCUT2D eigenvalue weighted by atomic mass is 32.1. The van der Waals surface area contributed by atoms with Crippen molar-refractivity contribution in [2.45, 2.75) is 32.4 Å². The first-order valence-electron chi connectivity index (χ1n) is 8.39. The number of nitrogens with zero attached hydrogens (tertiary/aromatic N) is 3. The summed E-state index contributed by atoms with van der Waals surface area (Å²) < 4.78 is 5.36. The van der Waals surface area contributed by atoms with E-state index in [1.807, 2.05) is 11.8 Å². The summed E-state index contributed by atoms with van der Waals surface area (Å²) in [5.74, 6) is 0.383. The fourth-order valence-electron chi connectivity index (χ4n) is 3.32. The van der Waals surface area contributed by atoms with E-state index in [0.29, 0.717) is 0 Å². The van der Waals surface area contributed by atoms with Gasteiger partial charge in [0, 0.05) is 51.3 Å². The Morgan fingerprint density at radius 3 is 2.70 bits per heavy atom. The van der Waals surface area contributed by atoms with Crippen LogP contribution < -0.4 is 5.73 Å². The maximum absolute atomic E-state index is 12.6. The Balaban J connectivity index is 1.47. The fraction of sp³-hybridized carbons (Fsp3) is 0.750. The second-order valence-corrected chi connectivity index (χ2v) is 7.50. The summed E-state index contributed by atoms with van der Waals surface area (Å²) in [6.45, 7) is 7.67. The molecule has 23 heavy (non-hydrogen) atoms. The summed E-state index contributed by atoms with van der Waals surface area (Å²) in [5, 5.41) is 3.23. The molecule has 2 aliphatic rings. The molecule has 2 saturated heterocycles. The Labute approximate surface area is 141 Å². The Kier molecular flexibility index (Phi) is 5.63. The van der Waals surface area contributed by atoms with E-state index in [4.69, 9.17) is 10.5 Å². The molecule has 0 aromatic carbocycles. The molecule has 0 spiro atoms. The van der Waals surface area contributed by atoms with Crippen molar-refractivity contribution in [2.24, 2.45) is 11.7 Å². The van der Waals surface area contributed by atoms with Crippen molar-refractivity contribution >= 4 is 17.2 Å². The highest BCUT2D eigenvalue weighted by molar-refractivity contribution is 7.09. The van der Waals surface area contributed by atoms with E-state index in [-0.39, 0.29) is 17.9 Å². The van der Waals surface area contributed by atoms with Crippen LogP contribution in [0.4, 0.5) is 0 Å². The first-order chi connectivity index (χ1) is 11.1. The van der Waals surface area contributed by atoms with E-state index in [9.17, 15) is 4.79 Å². The van der Waals surface area contributed by atoms with Crippen LogP contribution in [0.3, 0.4) is 0 Å². The number of hydrogen-bond donors (Lipinski definition) is 1. The Morgan fingerprint density at radius 1 is 1.39 bits per heavy atom. The van der Waals surface area contributed by atoms with Crippen LogP contribution in [0, 0.1) is 12.8 Å². The van der Waals surface area contributed by atoms with Gasteiger partial charge in [-0.05, 0) is 25.7 Å². The van der Waals surface area contributed by atoms with Crippen molar-refractivity contribution in [3.8, 4) is 0 Å². The van der Waals surface area contributed by atoms with Crippen LogP contribution in [0.25, 0.3) is 0 Å². The maximum atomic E-state index is 12.6. The number of hydrogen-bond acceptors (Lipinski definition) is 6. The van der Waals surface area contributed by atoms with Gasteiger partial charge in [0.15, 0.2) is 0 Å². The second kappa shape index (κ2) is 7.70. The van der Waals surface area contributed by atoms with Gasteiger partial charge >= 0.3 is 0 Å². The first kappa shape index (κ1) is 16.8. The van der Waals surface area contributed by atoms with Crippen LogP contribution in [0.2, 0.25) is 0 Å². The van der Waals surface area contributed by atoms with Gasteiger partial charge in [-0.3, -0.25) is 9.69 Å². The van der Waals surface area contributed by atoms with Crippen LogP contribution in [0.5, 0.6) is 0 Å². The highest BCUT2D eigenvalue weighted by Gasteiger charge is 2.31. The third kappa shape index (κ3) is 4.29. The minimum atomic E-state index is -0.369. The van der Waals surface area contributed by atoms with Crippen molar-refractivity contribution in [3.63, 3.8) is 0 Å². The maximum Gasteiger partial charge on any atom is 0.239 e. The topological polar surface area (TPSA) is 71.7 Å². The van der Waals surface area contributed by atoms with Gasteiger partial charge in [0.2, 0.25) is 5.91 Å². The molecular weight excluding hydrogens is 312 g/mol. The largest absolute Gasteiger partial charge is 0.381 e. The predicted molar refractivity (Wildman–Crippen MR) is 90.2 cm³/mol. The molecular formula is C16H26N4O2S. The van der Waals surface area contributed by atoms with Crippen LogP contribution >= 0.6 is 11.3 Å². The van der Waals surface area contributed by atoms with Crippen molar-refractivity contribution in [1.82, 2.24) is 14.8 Å². The molecule has 128 valence electrons. The number of ether oxygens (including phenoxy) is 1. The summed E-state index contributed by atoms with van der Waals surface area (Å²) in [6, 6.07) is -0.369. The van der Waals surface area contributed by atoms with Gasteiger partial charge in [0.05, 0.1) is 16.7 Å². The molecule has 0 aliphatic carbocycles. The monoisotopic (exact) mass is 338 g/mol. The number of thiazole rings is 1. The molecule has 6 nitrogen and oxygen atoms in total. The summed E-state index contributed by atoms with van der Waals surface area (Å²) in [6.07, 6.45) is 1.80. The smallest absolute Gasteiger partial charge is 0.239 e. The molecule has 2 aliphatic heterocycles. The standard InChI is InChI=1S/C16H26N4O2S/c1-12-18-14(11-23-12)10-19-4-6-20(7-5-19)16(21)15(17)13-2-8-22-9-3-13/h11,13,15H,2-10,17H2,1H3. The van der Waals surface area contributed by atoms with E-state index in [1.165, 1.54) is 0 Å².